The molecular weight excluding hydrogens is 547 g/mol. The second kappa shape index (κ2) is 13.6. The topological polar surface area (TPSA) is 49.4 Å². The molecular formula is C29H31Cl3N2O2S. The zero-order chi connectivity index (χ0) is 27.0. The number of benzene rings is 3. The third-order valence-electron chi connectivity index (χ3n) is 5.60. The van der Waals surface area contributed by atoms with Crippen molar-refractivity contribution >= 4 is 58.4 Å². The Morgan fingerprint density at radius 1 is 0.865 bits per heavy atom. The lowest BCUT2D eigenvalue weighted by Crippen LogP contribution is -2.54. The molecule has 0 aromatic heterocycles. The fourth-order valence-electron chi connectivity index (χ4n) is 3.81. The average molecular weight is 578 g/mol. The number of thioether (sulfide) groups is 1. The Labute approximate surface area is 238 Å². The van der Waals surface area contributed by atoms with Gasteiger partial charge in [-0.05, 0) is 55.7 Å². The Bertz CT molecular complexity index is 1200. The van der Waals surface area contributed by atoms with Crippen molar-refractivity contribution in [3.63, 3.8) is 0 Å². The van der Waals surface area contributed by atoms with Crippen molar-refractivity contribution < 1.29 is 9.59 Å². The van der Waals surface area contributed by atoms with Gasteiger partial charge in [0.25, 0.3) is 0 Å². The molecule has 0 aliphatic carbocycles. The lowest BCUT2D eigenvalue weighted by molar-refractivity contribution is -0.140. The summed E-state index contributed by atoms with van der Waals surface area (Å²) < 4.78 is 0. The molecule has 0 saturated carbocycles. The van der Waals surface area contributed by atoms with Gasteiger partial charge in [0.05, 0.1) is 5.75 Å². The van der Waals surface area contributed by atoms with Crippen LogP contribution in [0.5, 0.6) is 0 Å². The first-order chi connectivity index (χ1) is 17.5. The summed E-state index contributed by atoms with van der Waals surface area (Å²) >= 11 is 20.5. The predicted molar refractivity (Wildman–Crippen MR) is 156 cm³/mol. The number of amides is 2. The molecule has 3 rings (SSSR count). The second-order valence-corrected chi connectivity index (χ2v) is 12.0. The van der Waals surface area contributed by atoms with Gasteiger partial charge in [-0.1, -0.05) is 89.4 Å². The Morgan fingerprint density at radius 3 is 2.08 bits per heavy atom. The molecule has 0 heterocycles. The van der Waals surface area contributed by atoms with Gasteiger partial charge in [-0.2, -0.15) is 0 Å². The van der Waals surface area contributed by atoms with E-state index >= 15 is 0 Å². The molecule has 0 spiro atoms. The first kappa shape index (κ1) is 29.4. The van der Waals surface area contributed by atoms with E-state index in [-0.39, 0.29) is 24.1 Å². The molecule has 8 heteroatoms. The first-order valence-electron chi connectivity index (χ1n) is 11.9. The van der Waals surface area contributed by atoms with Gasteiger partial charge in [0.1, 0.15) is 6.04 Å². The van der Waals surface area contributed by atoms with Crippen LogP contribution >= 0.6 is 46.6 Å². The molecule has 1 N–H and O–H groups in total. The lowest BCUT2D eigenvalue weighted by atomic mass is 10.0. The van der Waals surface area contributed by atoms with Gasteiger partial charge >= 0.3 is 0 Å². The van der Waals surface area contributed by atoms with Gasteiger partial charge in [-0.25, -0.2) is 0 Å². The molecule has 0 saturated heterocycles. The predicted octanol–water partition coefficient (Wildman–Crippen LogP) is 7.43. The van der Waals surface area contributed by atoms with Crippen molar-refractivity contribution in [2.45, 2.75) is 51.1 Å². The summed E-state index contributed by atoms with van der Waals surface area (Å²) in [5.41, 5.74) is 2.07. The normalized spacial score (nSPS) is 12.2. The zero-order valence-corrected chi connectivity index (χ0v) is 24.2. The van der Waals surface area contributed by atoms with Gasteiger partial charge in [-0.15, -0.1) is 11.8 Å². The molecule has 0 aliphatic rings. The smallest absolute Gasteiger partial charge is 0.243 e. The lowest BCUT2D eigenvalue weighted by Gasteiger charge is -2.34. The van der Waals surface area contributed by atoms with E-state index in [9.17, 15) is 9.59 Å². The fourth-order valence-corrected chi connectivity index (χ4v) is 5.65. The number of nitrogens with one attached hydrogen (secondary N) is 1. The van der Waals surface area contributed by atoms with Crippen molar-refractivity contribution in [1.29, 1.82) is 0 Å². The molecule has 0 bridgehead atoms. The summed E-state index contributed by atoms with van der Waals surface area (Å²) in [6.45, 7) is 5.98. The fraction of sp³-hybridized carbons (Fsp3) is 0.310. The van der Waals surface area contributed by atoms with Crippen LogP contribution in [0.25, 0.3) is 0 Å². The van der Waals surface area contributed by atoms with E-state index in [1.807, 2.05) is 69.3 Å². The van der Waals surface area contributed by atoms with Crippen LogP contribution < -0.4 is 5.32 Å². The monoisotopic (exact) mass is 576 g/mol. The summed E-state index contributed by atoms with van der Waals surface area (Å²) in [6, 6.07) is 21.7. The summed E-state index contributed by atoms with van der Waals surface area (Å²) in [5.74, 6) is 0.246. The van der Waals surface area contributed by atoms with Crippen molar-refractivity contribution in [3.05, 3.63) is 105 Å². The molecule has 4 nitrogen and oxygen atoms in total. The largest absolute Gasteiger partial charge is 0.350 e. The highest BCUT2D eigenvalue weighted by molar-refractivity contribution is 7.99. The molecule has 1 unspecified atom stereocenters. The van der Waals surface area contributed by atoms with Crippen molar-refractivity contribution in [2.24, 2.45) is 0 Å². The quantitative estimate of drug-likeness (QED) is 0.272. The van der Waals surface area contributed by atoms with Crippen LogP contribution in [-0.2, 0) is 28.3 Å². The maximum Gasteiger partial charge on any atom is 0.243 e. The van der Waals surface area contributed by atoms with E-state index in [0.29, 0.717) is 27.2 Å². The van der Waals surface area contributed by atoms with E-state index in [4.69, 9.17) is 34.8 Å². The Balaban J connectivity index is 1.90. The van der Waals surface area contributed by atoms with Gasteiger partial charge < -0.3 is 10.2 Å². The summed E-state index contributed by atoms with van der Waals surface area (Å²) in [7, 11) is 0. The average Bonchev–Trinajstić information content (AvgIpc) is 2.83. The van der Waals surface area contributed by atoms with Crippen LogP contribution in [0, 0.1) is 0 Å². The summed E-state index contributed by atoms with van der Waals surface area (Å²) in [6.07, 6.45) is 0.375. The van der Waals surface area contributed by atoms with E-state index in [0.717, 1.165) is 16.7 Å². The molecule has 0 fully saturated rings. The van der Waals surface area contributed by atoms with Crippen molar-refractivity contribution in [1.82, 2.24) is 10.2 Å². The zero-order valence-electron chi connectivity index (χ0n) is 21.1. The first-order valence-corrected chi connectivity index (χ1v) is 14.2. The second-order valence-electron chi connectivity index (χ2n) is 9.75. The standard InChI is InChI=1S/C29H31Cl3N2O2S/c1-29(2,3)33-28(36)26(16-20-10-5-4-6-11-20)34(17-21-12-7-8-13-23(21)30)27(35)19-37-18-22-24(31)14-9-15-25(22)32/h4-15,26H,16-19H2,1-3H3,(H,33,36). The van der Waals surface area contributed by atoms with E-state index < -0.39 is 11.6 Å². The Kier molecular flexibility index (Phi) is 10.8. The maximum atomic E-state index is 13.7. The Morgan fingerprint density at radius 2 is 1.46 bits per heavy atom. The van der Waals surface area contributed by atoms with Gasteiger partial charge in [0.2, 0.25) is 11.8 Å². The number of halogens is 3. The number of rotatable bonds is 10. The highest BCUT2D eigenvalue weighted by atomic mass is 35.5. The van der Waals surface area contributed by atoms with Crippen LogP contribution in [0.2, 0.25) is 15.1 Å². The third-order valence-corrected chi connectivity index (χ3v) is 7.62. The van der Waals surface area contributed by atoms with Crippen LogP contribution in [0.15, 0.2) is 72.8 Å². The number of hydrogen-bond donors (Lipinski definition) is 1. The van der Waals surface area contributed by atoms with Crippen LogP contribution in [-0.4, -0.2) is 34.0 Å². The van der Waals surface area contributed by atoms with Crippen LogP contribution in [0.1, 0.15) is 37.5 Å². The Hall–Kier alpha value is -2.18. The minimum atomic E-state index is -0.727. The SMILES string of the molecule is CC(C)(C)NC(=O)C(Cc1ccccc1)N(Cc1ccccc1Cl)C(=O)CSCc1c(Cl)cccc1Cl. The highest BCUT2D eigenvalue weighted by Gasteiger charge is 2.32. The number of carbonyl (C=O) groups is 2. The molecule has 2 amide bonds. The van der Waals surface area contributed by atoms with Gasteiger partial charge in [0, 0.05) is 39.3 Å². The summed E-state index contributed by atoms with van der Waals surface area (Å²) in [4.78, 5) is 29.0. The minimum absolute atomic E-state index is 0.153. The van der Waals surface area contributed by atoms with Gasteiger partial charge in [-0.3, -0.25) is 9.59 Å². The van der Waals surface area contributed by atoms with Crippen LogP contribution in [0.3, 0.4) is 0 Å². The van der Waals surface area contributed by atoms with Crippen molar-refractivity contribution in [2.75, 3.05) is 5.75 Å². The molecule has 0 radical (unpaired) electrons. The molecule has 1 atom stereocenters. The van der Waals surface area contributed by atoms with E-state index in [1.54, 1.807) is 29.2 Å². The third kappa shape index (κ3) is 8.96. The molecule has 3 aromatic carbocycles. The molecule has 3 aromatic rings. The molecule has 37 heavy (non-hydrogen) atoms. The van der Waals surface area contributed by atoms with Crippen LogP contribution in [0.4, 0.5) is 0 Å². The summed E-state index contributed by atoms with van der Waals surface area (Å²) in [5, 5.41) is 4.74. The highest BCUT2D eigenvalue weighted by Crippen LogP contribution is 2.29. The molecule has 196 valence electrons. The van der Waals surface area contributed by atoms with E-state index in [2.05, 4.69) is 5.32 Å². The maximum absolute atomic E-state index is 13.7. The number of hydrogen-bond acceptors (Lipinski definition) is 3. The van der Waals surface area contributed by atoms with Gasteiger partial charge in [0.15, 0.2) is 0 Å². The minimum Gasteiger partial charge on any atom is -0.350 e. The van der Waals surface area contributed by atoms with E-state index in [1.165, 1.54) is 11.8 Å². The number of carbonyl (C=O) groups excluding carboxylic acids is 2. The number of nitrogens with zero attached hydrogens (tertiary/aromatic N) is 1. The van der Waals surface area contributed by atoms with Crippen molar-refractivity contribution in [3.8, 4) is 0 Å². The molecule has 0 aliphatic heterocycles.